The number of para-hydroxylation sites is 1. The molecule has 2 aliphatic rings. The van der Waals surface area contributed by atoms with Gasteiger partial charge in [0, 0.05) is 41.1 Å². The van der Waals surface area contributed by atoms with E-state index < -0.39 is 0 Å². The largest absolute Gasteiger partial charge is 0.306 e. The Labute approximate surface area is 219 Å². The van der Waals surface area contributed by atoms with Crippen LogP contribution in [0.2, 0.25) is 0 Å². The lowest BCUT2D eigenvalue weighted by Crippen LogP contribution is -2.00. The molecule has 5 heterocycles. The number of aromatic nitrogens is 4. The molecule has 0 atom stereocenters. The SMILES string of the molecule is C1=CCCC(n2c3ccccc3c3cc4c(nc32)c2ncccc2n4-c2ccc(C3=CC=NCC3)cc2)=C1. The Morgan fingerprint density at radius 1 is 0.737 bits per heavy atom. The van der Waals surface area contributed by atoms with Crippen molar-refractivity contribution in [1.82, 2.24) is 19.1 Å². The maximum atomic E-state index is 5.35. The summed E-state index contributed by atoms with van der Waals surface area (Å²) in [7, 11) is 0. The Hall–Kier alpha value is -4.77. The third kappa shape index (κ3) is 3.15. The zero-order valence-electron chi connectivity index (χ0n) is 20.9. The summed E-state index contributed by atoms with van der Waals surface area (Å²) in [6.07, 6.45) is 15.5. The number of rotatable bonds is 3. The molecule has 0 amide bonds. The van der Waals surface area contributed by atoms with Crippen molar-refractivity contribution in [3.8, 4) is 5.69 Å². The zero-order valence-corrected chi connectivity index (χ0v) is 20.9. The molecule has 182 valence electrons. The second-order valence-corrected chi connectivity index (χ2v) is 9.96. The molecule has 0 spiro atoms. The van der Waals surface area contributed by atoms with E-state index >= 15 is 0 Å². The smallest absolute Gasteiger partial charge is 0.146 e. The number of fused-ring (bicyclic) bond motifs is 6. The van der Waals surface area contributed by atoms with Crippen molar-refractivity contribution in [2.24, 2.45) is 4.99 Å². The Morgan fingerprint density at radius 3 is 2.47 bits per heavy atom. The second-order valence-electron chi connectivity index (χ2n) is 9.96. The lowest BCUT2D eigenvalue weighted by atomic mass is 10.0. The average molecular weight is 492 g/mol. The molecule has 8 rings (SSSR count). The molecule has 5 nitrogen and oxygen atoms in total. The minimum atomic E-state index is 0.856. The first kappa shape index (κ1) is 21.3. The molecule has 1 aliphatic carbocycles. The van der Waals surface area contributed by atoms with E-state index in [2.05, 4.69) is 99.1 Å². The summed E-state index contributed by atoms with van der Waals surface area (Å²) in [5.41, 5.74) is 11.1. The number of allylic oxidation sites excluding steroid dienone is 5. The minimum absolute atomic E-state index is 0.856. The van der Waals surface area contributed by atoms with E-state index in [9.17, 15) is 0 Å². The van der Waals surface area contributed by atoms with E-state index in [-0.39, 0.29) is 0 Å². The van der Waals surface area contributed by atoms with Crippen LogP contribution in [-0.2, 0) is 0 Å². The van der Waals surface area contributed by atoms with Crippen molar-refractivity contribution in [1.29, 1.82) is 0 Å². The van der Waals surface area contributed by atoms with Crippen LogP contribution in [0.1, 0.15) is 24.8 Å². The van der Waals surface area contributed by atoms with Crippen LogP contribution in [0.5, 0.6) is 0 Å². The summed E-state index contributed by atoms with van der Waals surface area (Å²) in [5, 5.41) is 2.38. The van der Waals surface area contributed by atoms with Gasteiger partial charge in [0.05, 0.1) is 16.6 Å². The molecule has 0 unspecified atom stereocenters. The number of pyridine rings is 2. The lowest BCUT2D eigenvalue weighted by molar-refractivity contribution is 0.973. The van der Waals surface area contributed by atoms with E-state index in [0.717, 1.165) is 64.6 Å². The summed E-state index contributed by atoms with van der Waals surface area (Å²) in [6.45, 7) is 0.856. The summed E-state index contributed by atoms with van der Waals surface area (Å²) in [5.74, 6) is 0. The van der Waals surface area contributed by atoms with E-state index in [1.54, 1.807) is 0 Å². The number of hydrogen-bond donors (Lipinski definition) is 0. The summed E-state index contributed by atoms with van der Waals surface area (Å²) in [4.78, 5) is 14.5. The van der Waals surface area contributed by atoms with Crippen molar-refractivity contribution >= 4 is 61.5 Å². The summed E-state index contributed by atoms with van der Waals surface area (Å²) >= 11 is 0. The topological polar surface area (TPSA) is 48.0 Å². The molecule has 1 aliphatic heterocycles. The number of dihydropyridines is 1. The normalized spacial score (nSPS) is 15.6. The summed E-state index contributed by atoms with van der Waals surface area (Å²) in [6, 6.07) is 24.0. The molecule has 0 fully saturated rings. The van der Waals surface area contributed by atoms with Gasteiger partial charge in [-0.2, -0.15) is 0 Å². The quantitative estimate of drug-likeness (QED) is 0.254. The maximum absolute atomic E-state index is 5.35. The van der Waals surface area contributed by atoms with Crippen molar-refractivity contribution in [3.05, 3.63) is 103 Å². The number of benzene rings is 2. The Balaban J connectivity index is 1.42. The van der Waals surface area contributed by atoms with E-state index in [1.807, 2.05) is 18.5 Å². The van der Waals surface area contributed by atoms with Crippen molar-refractivity contribution in [3.63, 3.8) is 0 Å². The zero-order chi connectivity index (χ0) is 25.1. The standard InChI is InChI=1S/C33H25N5/c1-2-7-24(8-3-1)38-28-10-5-4-9-26(28)27-21-30-32(36-33(27)38)31-29(11-6-18-35-31)37(30)25-14-12-22(13-15-25)23-16-19-34-20-17-23/h1-2,4-7,9-16,18-19,21H,3,8,17,20H2. The van der Waals surface area contributed by atoms with Gasteiger partial charge >= 0.3 is 0 Å². The van der Waals surface area contributed by atoms with Crippen LogP contribution in [-0.4, -0.2) is 31.9 Å². The predicted octanol–water partition coefficient (Wildman–Crippen LogP) is 7.73. The van der Waals surface area contributed by atoms with Gasteiger partial charge < -0.3 is 4.57 Å². The number of nitrogens with zero attached hydrogens (tertiary/aromatic N) is 5. The third-order valence-corrected chi connectivity index (χ3v) is 7.79. The Kier molecular flexibility index (Phi) is 4.71. The third-order valence-electron chi connectivity index (χ3n) is 7.79. The van der Waals surface area contributed by atoms with Crippen LogP contribution in [0.3, 0.4) is 0 Å². The fourth-order valence-corrected chi connectivity index (χ4v) is 6.00. The molecule has 38 heavy (non-hydrogen) atoms. The number of hydrogen-bond acceptors (Lipinski definition) is 3. The summed E-state index contributed by atoms with van der Waals surface area (Å²) < 4.78 is 4.65. The van der Waals surface area contributed by atoms with E-state index in [4.69, 9.17) is 9.97 Å². The molecule has 0 saturated carbocycles. The van der Waals surface area contributed by atoms with Crippen molar-refractivity contribution in [2.75, 3.05) is 6.54 Å². The molecular formula is C33H25N5. The van der Waals surface area contributed by atoms with Gasteiger partial charge in [0.2, 0.25) is 0 Å². The van der Waals surface area contributed by atoms with Gasteiger partial charge in [-0.3, -0.25) is 14.5 Å². The van der Waals surface area contributed by atoms with Gasteiger partial charge in [0.15, 0.2) is 0 Å². The predicted molar refractivity (Wildman–Crippen MR) is 158 cm³/mol. The highest BCUT2D eigenvalue weighted by atomic mass is 15.1. The van der Waals surface area contributed by atoms with Gasteiger partial charge in [-0.05, 0) is 78.9 Å². The van der Waals surface area contributed by atoms with Gasteiger partial charge in [-0.1, -0.05) is 42.5 Å². The highest BCUT2D eigenvalue weighted by Gasteiger charge is 2.21. The van der Waals surface area contributed by atoms with Crippen LogP contribution < -0.4 is 0 Å². The molecule has 0 radical (unpaired) electrons. The first-order chi connectivity index (χ1) is 18.9. The molecule has 0 N–H and O–H groups in total. The van der Waals surface area contributed by atoms with E-state index in [1.165, 1.54) is 27.7 Å². The fraction of sp³-hybridized carbons (Fsp3) is 0.121. The Bertz CT molecular complexity index is 2010. The molecule has 5 heteroatoms. The van der Waals surface area contributed by atoms with Crippen molar-refractivity contribution in [2.45, 2.75) is 19.3 Å². The molecule has 2 aromatic carbocycles. The molecule has 6 aromatic rings. The highest BCUT2D eigenvalue weighted by molar-refractivity contribution is 6.15. The van der Waals surface area contributed by atoms with Crippen LogP contribution in [0, 0.1) is 0 Å². The molecule has 0 saturated heterocycles. The molecule has 0 bridgehead atoms. The molecular weight excluding hydrogens is 466 g/mol. The minimum Gasteiger partial charge on any atom is -0.306 e. The van der Waals surface area contributed by atoms with Crippen LogP contribution in [0.25, 0.3) is 61.0 Å². The maximum Gasteiger partial charge on any atom is 0.146 e. The first-order valence-electron chi connectivity index (χ1n) is 13.2. The van der Waals surface area contributed by atoms with Crippen LogP contribution in [0.15, 0.2) is 102 Å². The number of aliphatic imine (C=N–C) groups is 1. The lowest BCUT2D eigenvalue weighted by Gasteiger charge is -2.13. The van der Waals surface area contributed by atoms with Crippen molar-refractivity contribution < 1.29 is 0 Å². The fourth-order valence-electron chi connectivity index (χ4n) is 6.00. The molecule has 4 aromatic heterocycles. The average Bonchev–Trinajstić information content (AvgIpc) is 3.49. The van der Waals surface area contributed by atoms with Gasteiger partial charge in [0.1, 0.15) is 16.7 Å². The van der Waals surface area contributed by atoms with E-state index in [0.29, 0.717) is 0 Å². The monoisotopic (exact) mass is 491 g/mol. The van der Waals surface area contributed by atoms with Crippen LogP contribution in [0.4, 0.5) is 0 Å². The Morgan fingerprint density at radius 2 is 1.63 bits per heavy atom. The second kappa shape index (κ2) is 8.38. The van der Waals surface area contributed by atoms with Gasteiger partial charge in [-0.15, -0.1) is 0 Å². The van der Waals surface area contributed by atoms with Gasteiger partial charge in [0.25, 0.3) is 0 Å². The van der Waals surface area contributed by atoms with Gasteiger partial charge in [-0.25, -0.2) is 4.98 Å². The van der Waals surface area contributed by atoms with Crippen LogP contribution >= 0.6 is 0 Å². The highest BCUT2D eigenvalue weighted by Crippen LogP contribution is 2.38. The first-order valence-corrected chi connectivity index (χ1v) is 13.2.